The van der Waals surface area contributed by atoms with Crippen LogP contribution < -0.4 is 5.73 Å². The van der Waals surface area contributed by atoms with E-state index in [0.717, 1.165) is 41.5 Å². The molecule has 3 nitrogen and oxygen atoms in total. The highest BCUT2D eigenvalue weighted by Crippen LogP contribution is 2.31. The van der Waals surface area contributed by atoms with E-state index in [2.05, 4.69) is 9.55 Å². The molecule has 1 aromatic heterocycles. The molecule has 1 aliphatic heterocycles. The number of hydrogen-bond donors (Lipinski definition) is 1. The van der Waals surface area contributed by atoms with Crippen LogP contribution in [0.25, 0.3) is 11.4 Å². The highest BCUT2D eigenvalue weighted by Gasteiger charge is 2.23. The second kappa shape index (κ2) is 4.41. The second-order valence-electron chi connectivity index (χ2n) is 4.85. The monoisotopic (exact) mass is 261 g/mol. The zero-order chi connectivity index (χ0) is 12.7. The fourth-order valence-electron chi connectivity index (χ4n) is 2.60. The Morgan fingerprint density at radius 2 is 2.17 bits per heavy atom. The van der Waals surface area contributed by atoms with Gasteiger partial charge in [0.15, 0.2) is 0 Å². The van der Waals surface area contributed by atoms with E-state index in [0.29, 0.717) is 0 Å². The molecule has 0 saturated carbocycles. The van der Waals surface area contributed by atoms with Gasteiger partial charge >= 0.3 is 0 Å². The molecule has 0 amide bonds. The van der Waals surface area contributed by atoms with Crippen molar-refractivity contribution in [3.8, 4) is 11.4 Å². The number of halogens is 1. The normalized spacial score (nSPS) is 18.7. The molecule has 0 bridgehead atoms. The lowest BCUT2D eigenvalue weighted by Gasteiger charge is -2.22. The maximum atomic E-state index is 6.26. The fraction of sp³-hybridized carbons (Fsp3) is 0.357. The van der Waals surface area contributed by atoms with Crippen LogP contribution in [0, 0.1) is 6.92 Å². The average molecular weight is 262 g/mol. The Morgan fingerprint density at radius 3 is 2.94 bits per heavy atom. The van der Waals surface area contributed by atoms with Gasteiger partial charge in [0.2, 0.25) is 0 Å². The van der Waals surface area contributed by atoms with E-state index in [1.807, 2.05) is 31.2 Å². The molecule has 4 heteroatoms. The molecule has 1 atom stereocenters. The zero-order valence-electron chi connectivity index (χ0n) is 10.4. The first-order chi connectivity index (χ1) is 8.66. The van der Waals surface area contributed by atoms with Crippen LogP contribution >= 0.6 is 11.6 Å². The Morgan fingerprint density at radius 1 is 1.39 bits per heavy atom. The molecule has 94 valence electrons. The third kappa shape index (κ3) is 1.84. The number of imidazole rings is 1. The highest BCUT2D eigenvalue weighted by molar-refractivity contribution is 6.33. The predicted molar refractivity (Wildman–Crippen MR) is 73.7 cm³/mol. The minimum absolute atomic E-state index is 0.256. The molecule has 2 aromatic rings. The van der Waals surface area contributed by atoms with Gasteiger partial charge in [0.05, 0.1) is 10.7 Å². The van der Waals surface area contributed by atoms with Crippen LogP contribution in [0.3, 0.4) is 0 Å². The first-order valence-corrected chi connectivity index (χ1v) is 6.61. The van der Waals surface area contributed by atoms with Crippen molar-refractivity contribution in [1.82, 2.24) is 9.55 Å². The maximum Gasteiger partial charge on any atom is 0.141 e. The number of nitrogens with two attached hydrogens (primary N) is 1. The van der Waals surface area contributed by atoms with Crippen molar-refractivity contribution in [2.45, 2.75) is 32.4 Å². The minimum atomic E-state index is 0.256. The summed E-state index contributed by atoms with van der Waals surface area (Å²) in [5.41, 5.74) is 9.36. The predicted octanol–water partition coefficient (Wildman–Crippen LogP) is 2.79. The van der Waals surface area contributed by atoms with Gasteiger partial charge in [0, 0.05) is 30.3 Å². The van der Waals surface area contributed by atoms with Gasteiger partial charge in [-0.25, -0.2) is 4.98 Å². The van der Waals surface area contributed by atoms with Crippen LogP contribution in [0.4, 0.5) is 0 Å². The van der Waals surface area contributed by atoms with Crippen LogP contribution in [0.15, 0.2) is 24.3 Å². The Kier molecular flexibility index (Phi) is 2.88. The maximum absolute atomic E-state index is 6.26. The number of aryl methyl sites for hydroxylation is 1. The van der Waals surface area contributed by atoms with Crippen molar-refractivity contribution in [3.05, 3.63) is 40.7 Å². The van der Waals surface area contributed by atoms with Crippen LogP contribution in [-0.4, -0.2) is 15.6 Å². The van der Waals surface area contributed by atoms with Crippen LogP contribution in [0.5, 0.6) is 0 Å². The van der Waals surface area contributed by atoms with E-state index < -0.39 is 0 Å². The molecule has 0 fully saturated rings. The van der Waals surface area contributed by atoms with E-state index >= 15 is 0 Å². The lowest BCUT2D eigenvalue weighted by atomic mass is 10.0. The fourth-order valence-corrected chi connectivity index (χ4v) is 2.82. The van der Waals surface area contributed by atoms with Crippen LogP contribution in [0.2, 0.25) is 5.02 Å². The van der Waals surface area contributed by atoms with Crippen molar-refractivity contribution >= 4 is 11.6 Å². The van der Waals surface area contributed by atoms with Crippen molar-refractivity contribution in [2.24, 2.45) is 5.73 Å². The summed E-state index contributed by atoms with van der Waals surface area (Å²) >= 11 is 6.26. The van der Waals surface area contributed by atoms with Gasteiger partial charge in [-0.1, -0.05) is 23.7 Å². The Bertz CT molecular complexity index is 589. The van der Waals surface area contributed by atoms with Gasteiger partial charge in [0.25, 0.3) is 0 Å². The van der Waals surface area contributed by atoms with Gasteiger partial charge < -0.3 is 10.3 Å². The lowest BCUT2D eigenvalue weighted by molar-refractivity contribution is 0.473. The zero-order valence-corrected chi connectivity index (χ0v) is 11.1. The molecule has 2 heterocycles. The number of benzene rings is 1. The second-order valence-corrected chi connectivity index (χ2v) is 5.26. The number of aromatic nitrogens is 2. The smallest absolute Gasteiger partial charge is 0.141 e. The summed E-state index contributed by atoms with van der Waals surface area (Å²) in [6.07, 6.45) is 1.91. The molecular weight excluding hydrogens is 246 g/mol. The van der Waals surface area contributed by atoms with E-state index in [9.17, 15) is 0 Å². The summed E-state index contributed by atoms with van der Waals surface area (Å²) < 4.78 is 2.26. The minimum Gasteiger partial charge on any atom is -0.328 e. The van der Waals surface area contributed by atoms with Crippen molar-refractivity contribution in [3.63, 3.8) is 0 Å². The molecule has 18 heavy (non-hydrogen) atoms. The topological polar surface area (TPSA) is 43.8 Å². The Labute approximate surface area is 112 Å². The molecule has 0 spiro atoms. The molecule has 1 aliphatic rings. The van der Waals surface area contributed by atoms with Crippen molar-refractivity contribution in [2.75, 3.05) is 0 Å². The van der Waals surface area contributed by atoms with Gasteiger partial charge in [0.1, 0.15) is 5.82 Å². The number of rotatable bonds is 1. The SMILES string of the molecule is Cc1nc(-c2ccccc2Cl)n2c1CC(N)CC2. The summed E-state index contributed by atoms with van der Waals surface area (Å²) in [6.45, 7) is 2.97. The van der Waals surface area contributed by atoms with E-state index in [1.165, 1.54) is 5.69 Å². The summed E-state index contributed by atoms with van der Waals surface area (Å²) in [4.78, 5) is 4.68. The summed E-state index contributed by atoms with van der Waals surface area (Å²) in [5.74, 6) is 0.972. The average Bonchev–Trinajstić information content (AvgIpc) is 2.67. The molecule has 0 aliphatic carbocycles. The van der Waals surface area contributed by atoms with E-state index in [1.54, 1.807) is 0 Å². The summed E-state index contributed by atoms with van der Waals surface area (Å²) in [7, 11) is 0. The third-order valence-corrected chi connectivity index (χ3v) is 3.90. The van der Waals surface area contributed by atoms with Gasteiger partial charge in [-0.05, 0) is 25.5 Å². The van der Waals surface area contributed by atoms with Crippen LogP contribution in [-0.2, 0) is 13.0 Å². The molecule has 1 aromatic carbocycles. The third-order valence-electron chi connectivity index (χ3n) is 3.57. The quantitative estimate of drug-likeness (QED) is 0.858. The molecule has 3 rings (SSSR count). The first-order valence-electron chi connectivity index (χ1n) is 6.23. The number of nitrogens with zero attached hydrogens (tertiary/aromatic N) is 2. The highest BCUT2D eigenvalue weighted by atomic mass is 35.5. The summed E-state index contributed by atoms with van der Waals surface area (Å²) in [6, 6.07) is 8.11. The van der Waals surface area contributed by atoms with Gasteiger partial charge in [-0.15, -0.1) is 0 Å². The van der Waals surface area contributed by atoms with E-state index in [4.69, 9.17) is 17.3 Å². The number of hydrogen-bond acceptors (Lipinski definition) is 2. The molecule has 0 radical (unpaired) electrons. The largest absolute Gasteiger partial charge is 0.328 e. The molecule has 0 saturated heterocycles. The molecule has 2 N–H and O–H groups in total. The lowest BCUT2D eigenvalue weighted by Crippen LogP contribution is -2.31. The number of fused-ring (bicyclic) bond motifs is 1. The van der Waals surface area contributed by atoms with Gasteiger partial charge in [-0.3, -0.25) is 0 Å². The Balaban J connectivity index is 2.15. The van der Waals surface area contributed by atoms with Gasteiger partial charge in [-0.2, -0.15) is 0 Å². The van der Waals surface area contributed by atoms with Crippen LogP contribution in [0.1, 0.15) is 17.8 Å². The van der Waals surface area contributed by atoms with Crippen molar-refractivity contribution in [1.29, 1.82) is 0 Å². The molecular formula is C14H16ClN3. The first kappa shape index (κ1) is 11.8. The molecule has 1 unspecified atom stereocenters. The van der Waals surface area contributed by atoms with Crippen molar-refractivity contribution < 1.29 is 0 Å². The summed E-state index contributed by atoms with van der Waals surface area (Å²) in [5, 5.41) is 0.750. The Hall–Kier alpha value is -1.32. The van der Waals surface area contributed by atoms with E-state index in [-0.39, 0.29) is 6.04 Å². The standard InChI is InChI=1S/C14H16ClN3/c1-9-13-8-10(16)6-7-18(13)14(17-9)11-4-2-3-5-12(11)15/h2-5,10H,6-8,16H2,1H3.